The Labute approximate surface area is 127 Å². The average molecular weight is 310 g/mol. The normalized spacial score (nSPS) is 12.2. The van der Waals surface area contributed by atoms with Gasteiger partial charge in [-0.2, -0.15) is 5.10 Å². The number of carbonyl (C=O) groups is 1. The Balaban J connectivity index is 2.03. The Morgan fingerprint density at radius 2 is 2.14 bits per heavy atom. The van der Waals surface area contributed by atoms with E-state index in [1.54, 1.807) is 4.68 Å². The first-order valence-electron chi connectivity index (χ1n) is 6.64. The Kier molecular flexibility index (Phi) is 4.63. The molecule has 1 aromatic carbocycles. The molecule has 1 aromatic heterocycles. The summed E-state index contributed by atoms with van der Waals surface area (Å²) in [5.74, 6) is -0.814. The fourth-order valence-electron chi connectivity index (χ4n) is 2.24. The molecule has 0 bridgehead atoms. The standard InChI is InChI=1S/C15H17ClFN3O/c1-9-6-10(2)20(19-9)11(3)7-15(21)18-14-5-4-12(16)8-13(14)17/h4-6,8,11H,7H2,1-3H3,(H,18,21)/t11-/m1/s1. The zero-order chi connectivity index (χ0) is 15.6. The number of nitrogens with zero attached hydrogens (tertiary/aromatic N) is 2. The number of rotatable bonds is 4. The van der Waals surface area contributed by atoms with Crippen LogP contribution in [0, 0.1) is 19.7 Å². The SMILES string of the molecule is Cc1cc(C)n([C@H](C)CC(=O)Nc2ccc(Cl)cc2F)n1. The molecule has 6 heteroatoms. The summed E-state index contributed by atoms with van der Waals surface area (Å²) >= 11 is 5.67. The van der Waals surface area contributed by atoms with E-state index in [0.717, 1.165) is 11.4 Å². The lowest BCUT2D eigenvalue weighted by atomic mass is 10.2. The maximum atomic E-state index is 13.6. The Morgan fingerprint density at radius 1 is 1.43 bits per heavy atom. The van der Waals surface area contributed by atoms with Gasteiger partial charge in [0.1, 0.15) is 5.82 Å². The van der Waals surface area contributed by atoms with Crippen LogP contribution in [0.2, 0.25) is 5.02 Å². The number of hydrogen-bond donors (Lipinski definition) is 1. The molecular weight excluding hydrogens is 293 g/mol. The zero-order valence-corrected chi connectivity index (χ0v) is 12.9. The number of amides is 1. The molecule has 21 heavy (non-hydrogen) atoms. The molecule has 0 fully saturated rings. The van der Waals surface area contributed by atoms with Gasteiger partial charge in [-0.15, -0.1) is 0 Å². The van der Waals surface area contributed by atoms with Gasteiger partial charge in [0.05, 0.1) is 17.4 Å². The van der Waals surface area contributed by atoms with Crippen LogP contribution in [0.15, 0.2) is 24.3 Å². The van der Waals surface area contributed by atoms with E-state index in [2.05, 4.69) is 10.4 Å². The van der Waals surface area contributed by atoms with Gasteiger partial charge in [0.25, 0.3) is 0 Å². The average Bonchev–Trinajstić information content (AvgIpc) is 2.72. The molecule has 1 heterocycles. The maximum Gasteiger partial charge on any atom is 0.226 e. The summed E-state index contributed by atoms with van der Waals surface area (Å²) in [6, 6.07) is 6.00. The Bertz CT molecular complexity index is 669. The van der Waals surface area contributed by atoms with Crippen LogP contribution in [0.3, 0.4) is 0 Å². The highest BCUT2D eigenvalue weighted by atomic mass is 35.5. The second kappa shape index (κ2) is 6.26. The van der Waals surface area contributed by atoms with Crippen LogP contribution in [-0.2, 0) is 4.79 Å². The molecule has 0 unspecified atom stereocenters. The van der Waals surface area contributed by atoms with Gasteiger partial charge in [-0.05, 0) is 45.0 Å². The summed E-state index contributed by atoms with van der Waals surface area (Å²) in [4.78, 5) is 12.0. The minimum absolute atomic E-state index is 0.103. The summed E-state index contributed by atoms with van der Waals surface area (Å²) in [7, 11) is 0. The molecule has 0 aliphatic heterocycles. The fourth-order valence-corrected chi connectivity index (χ4v) is 2.40. The highest BCUT2D eigenvalue weighted by Crippen LogP contribution is 2.20. The second-order valence-corrected chi connectivity index (χ2v) is 5.53. The molecule has 0 saturated heterocycles. The lowest BCUT2D eigenvalue weighted by molar-refractivity contribution is -0.116. The summed E-state index contributed by atoms with van der Waals surface area (Å²) in [6.07, 6.45) is 0.212. The van der Waals surface area contributed by atoms with Crippen molar-refractivity contribution < 1.29 is 9.18 Å². The monoisotopic (exact) mass is 309 g/mol. The molecule has 1 N–H and O–H groups in total. The topological polar surface area (TPSA) is 46.9 Å². The van der Waals surface area contributed by atoms with Crippen molar-refractivity contribution in [2.75, 3.05) is 5.32 Å². The predicted octanol–water partition coefficient (Wildman–Crippen LogP) is 3.88. The minimum Gasteiger partial charge on any atom is -0.324 e. The number of nitrogens with one attached hydrogen (secondary N) is 1. The first-order chi connectivity index (χ1) is 9.86. The minimum atomic E-state index is -0.547. The molecule has 1 atom stereocenters. The van der Waals surface area contributed by atoms with Crippen LogP contribution in [0.1, 0.15) is 30.8 Å². The molecule has 0 aliphatic rings. The number of anilines is 1. The van der Waals surface area contributed by atoms with Gasteiger partial charge in [0.15, 0.2) is 0 Å². The van der Waals surface area contributed by atoms with Crippen molar-refractivity contribution in [3.8, 4) is 0 Å². The van der Waals surface area contributed by atoms with E-state index in [1.165, 1.54) is 18.2 Å². The van der Waals surface area contributed by atoms with E-state index < -0.39 is 5.82 Å². The lowest BCUT2D eigenvalue weighted by Crippen LogP contribution is -2.19. The Hall–Kier alpha value is -1.88. The van der Waals surface area contributed by atoms with Crippen molar-refractivity contribution in [3.63, 3.8) is 0 Å². The van der Waals surface area contributed by atoms with Gasteiger partial charge in [0, 0.05) is 17.1 Å². The lowest BCUT2D eigenvalue weighted by Gasteiger charge is -2.14. The molecule has 0 aliphatic carbocycles. The summed E-state index contributed by atoms with van der Waals surface area (Å²) < 4.78 is 15.4. The molecule has 0 radical (unpaired) electrons. The van der Waals surface area contributed by atoms with E-state index in [4.69, 9.17) is 11.6 Å². The van der Waals surface area contributed by atoms with E-state index >= 15 is 0 Å². The van der Waals surface area contributed by atoms with Crippen molar-refractivity contribution in [2.45, 2.75) is 33.2 Å². The van der Waals surface area contributed by atoms with E-state index in [9.17, 15) is 9.18 Å². The summed E-state index contributed by atoms with van der Waals surface area (Å²) in [5.41, 5.74) is 2.03. The number of halogens is 2. The first kappa shape index (κ1) is 15.5. The smallest absolute Gasteiger partial charge is 0.226 e. The molecule has 112 valence electrons. The first-order valence-corrected chi connectivity index (χ1v) is 7.02. The maximum absolute atomic E-state index is 13.6. The molecule has 4 nitrogen and oxygen atoms in total. The van der Waals surface area contributed by atoms with E-state index in [-0.39, 0.29) is 24.1 Å². The van der Waals surface area contributed by atoms with Crippen molar-refractivity contribution in [1.82, 2.24) is 9.78 Å². The number of carbonyl (C=O) groups excluding carboxylic acids is 1. The van der Waals surface area contributed by atoms with Crippen LogP contribution >= 0.6 is 11.6 Å². The third kappa shape index (κ3) is 3.82. The largest absolute Gasteiger partial charge is 0.324 e. The molecule has 1 amide bonds. The van der Waals surface area contributed by atoms with Gasteiger partial charge in [-0.25, -0.2) is 4.39 Å². The molecule has 2 rings (SSSR count). The number of benzene rings is 1. The Morgan fingerprint density at radius 3 is 2.71 bits per heavy atom. The highest BCUT2D eigenvalue weighted by Gasteiger charge is 2.15. The predicted molar refractivity (Wildman–Crippen MR) is 81.1 cm³/mol. The highest BCUT2D eigenvalue weighted by molar-refractivity contribution is 6.30. The molecule has 2 aromatic rings. The quantitative estimate of drug-likeness (QED) is 0.931. The number of hydrogen-bond acceptors (Lipinski definition) is 2. The van der Waals surface area contributed by atoms with Crippen molar-refractivity contribution in [1.29, 1.82) is 0 Å². The molecule has 0 spiro atoms. The third-order valence-corrected chi connectivity index (χ3v) is 3.38. The van der Waals surface area contributed by atoms with Gasteiger partial charge in [0.2, 0.25) is 5.91 Å². The number of aryl methyl sites for hydroxylation is 2. The molecular formula is C15H17ClFN3O. The van der Waals surface area contributed by atoms with Crippen LogP contribution in [-0.4, -0.2) is 15.7 Å². The van der Waals surface area contributed by atoms with E-state index in [1.807, 2.05) is 26.8 Å². The second-order valence-electron chi connectivity index (χ2n) is 5.10. The number of aromatic nitrogens is 2. The van der Waals surface area contributed by atoms with Crippen molar-refractivity contribution >= 4 is 23.2 Å². The fraction of sp³-hybridized carbons (Fsp3) is 0.333. The summed E-state index contributed by atoms with van der Waals surface area (Å²) in [5, 5.41) is 7.19. The van der Waals surface area contributed by atoms with Crippen LogP contribution in [0.5, 0.6) is 0 Å². The van der Waals surface area contributed by atoms with E-state index in [0.29, 0.717) is 5.02 Å². The van der Waals surface area contributed by atoms with Crippen LogP contribution in [0.4, 0.5) is 10.1 Å². The van der Waals surface area contributed by atoms with Crippen LogP contribution < -0.4 is 5.32 Å². The van der Waals surface area contributed by atoms with Gasteiger partial charge in [-0.1, -0.05) is 11.6 Å². The summed E-state index contributed by atoms with van der Waals surface area (Å²) in [6.45, 7) is 5.74. The molecule has 0 saturated carbocycles. The van der Waals surface area contributed by atoms with Gasteiger partial charge < -0.3 is 5.32 Å². The van der Waals surface area contributed by atoms with Gasteiger partial charge in [-0.3, -0.25) is 9.48 Å². The van der Waals surface area contributed by atoms with Crippen molar-refractivity contribution in [3.05, 3.63) is 46.5 Å². The zero-order valence-electron chi connectivity index (χ0n) is 12.2. The van der Waals surface area contributed by atoms with Crippen LogP contribution in [0.25, 0.3) is 0 Å². The van der Waals surface area contributed by atoms with Gasteiger partial charge >= 0.3 is 0 Å². The van der Waals surface area contributed by atoms with Crippen molar-refractivity contribution in [2.24, 2.45) is 0 Å². The third-order valence-electron chi connectivity index (χ3n) is 3.15.